The van der Waals surface area contributed by atoms with Crippen molar-refractivity contribution in [2.75, 3.05) is 31.1 Å². The van der Waals surface area contributed by atoms with Gasteiger partial charge in [0, 0.05) is 32.2 Å². The van der Waals surface area contributed by atoms with Crippen LogP contribution in [-0.2, 0) is 0 Å². The Morgan fingerprint density at radius 1 is 1.12 bits per heavy atom. The van der Waals surface area contributed by atoms with Crippen molar-refractivity contribution in [1.29, 1.82) is 0 Å². The second-order valence-corrected chi connectivity index (χ2v) is 7.77. The van der Waals surface area contributed by atoms with Crippen LogP contribution in [0.5, 0.6) is 0 Å². The standard InChI is InChI=1S/C20H28N4/c1-15(2)19-14-24(11-5-10-23(19)13-16-8-9-16)20-12-21-17-6-3-4-7-18(17)22-20/h3-4,6-7,12,15-16,19H,5,8-11,13-14H2,1-2H3/t19-/m0/s1. The molecule has 1 aliphatic heterocycles. The Labute approximate surface area is 144 Å². The van der Waals surface area contributed by atoms with Gasteiger partial charge >= 0.3 is 0 Å². The number of rotatable bonds is 4. The van der Waals surface area contributed by atoms with Crippen LogP contribution in [0.1, 0.15) is 33.1 Å². The molecule has 4 nitrogen and oxygen atoms in total. The van der Waals surface area contributed by atoms with E-state index < -0.39 is 0 Å². The van der Waals surface area contributed by atoms with Crippen molar-refractivity contribution in [3.8, 4) is 0 Å². The molecule has 1 atom stereocenters. The van der Waals surface area contributed by atoms with E-state index in [1.165, 1.54) is 32.4 Å². The van der Waals surface area contributed by atoms with E-state index >= 15 is 0 Å². The van der Waals surface area contributed by atoms with Gasteiger partial charge in [0.15, 0.2) is 0 Å². The van der Waals surface area contributed by atoms with Crippen molar-refractivity contribution < 1.29 is 0 Å². The number of hydrogen-bond acceptors (Lipinski definition) is 4. The fraction of sp³-hybridized carbons (Fsp3) is 0.600. The van der Waals surface area contributed by atoms with Crippen LogP contribution in [0, 0.1) is 11.8 Å². The lowest BCUT2D eigenvalue weighted by Gasteiger charge is -2.35. The normalized spacial score (nSPS) is 23.0. The number of aromatic nitrogens is 2. The van der Waals surface area contributed by atoms with E-state index in [2.05, 4.69) is 34.7 Å². The fourth-order valence-corrected chi connectivity index (χ4v) is 3.86. The summed E-state index contributed by atoms with van der Waals surface area (Å²) in [6.07, 6.45) is 6.03. The fourth-order valence-electron chi connectivity index (χ4n) is 3.86. The van der Waals surface area contributed by atoms with Gasteiger partial charge < -0.3 is 4.90 Å². The number of fused-ring (bicyclic) bond motifs is 1. The Hall–Kier alpha value is -1.68. The monoisotopic (exact) mass is 324 g/mol. The average molecular weight is 324 g/mol. The lowest BCUT2D eigenvalue weighted by Crippen LogP contribution is -2.45. The lowest BCUT2D eigenvalue weighted by atomic mass is 10.0. The van der Waals surface area contributed by atoms with E-state index in [1.54, 1.807) is 0 Å². The maximum Gasteiger partial charge on any atom is 0.147 e. The minimum Gasteiger partial charge on any atom is -0.354 e. The first kappa shape index (κ1) is 15.8. The topological polar surface area (TPSA) is 32.3 Å². The molecule has 2 fully saturated rings. The summed E-state index contributed by atoms with van der Waals surface area (Å²) in [5.41, 5.74) is 1.97. The first-order valence-electron chi connectivity index (χ1n) is 9.41. The molecule has 0 radical (unpaired) electrons. The van der Waals surface area contributed by atoms with E-state index in [1.807, 2.05) is 24.4 Å². The van der Waals surface area contributed by atoms with Crippen LogP contribution < -0.4 is 4.90 Å². The second-order valence-electron chi connectivity index (χ2n) is 7.77. The molecule has 2 heterocycles. The highest BCUT2D eigenvalue weighted by Gasteiger charge is 2.32. The predicted molar refractivity (Wildman–Crippen MR) is 99.3 cm³/mol. The largest absolute Gasteiger partial charge is 0.354 e. The maximum absolute atomic E-state index is 4.88. The molecule has 1 saturated carbocycles. The molecule has 0 spiro atoms. The molecule has 1 saturated heterocycles. The van der Waals surface area contributed by atoms with Crippen LogP contribution >= 0.6 is 0 Å². The van der Waals surface area contributed by atoms with Crippen molar-refractivity contribution in [3.05, 3.63) is 30.5 Å². The molecule has 0 N–H and O–H groups in total. The predicted octanol–water partition coefficient (Wildman–Crippen LogP) is 3.58. The van der Waals surface area contributed by atoms with Gasteiger partial charge in [0.25, 0.3) is 0 Å². The second kappa shape index (κ2) is 6.67. The van der Waals surface area contributed by atoms with E-state index in [0.29, 0.717) is 12.0 Å². The molecule has 1 aromatic carbocycles. The van der Waals surface area contributed by atoms with Gasteiger partial charge in [-0.05, 0) is 43.2 Å². The van der Waals surface area contributed by atoms with Crippen molar-refractivity contribution in [2.45, 2.75) is 39.2 Å². The maximum atomic E-state index is 4.88. The third kappa shape index (κ3) is 3.39. The van der Waals surface area contributed by atoms with Crippen molar-refractivity contribution in [2.24, 2.45) is 11.8 Å². The SMILES string of the molecule is CC(C)[C@@H]1CN(c2cnc3ccccc3n2)CCCN1CC1CC1. The Balaban J connectivity index is 1.57. The molecule has 0 amide bonds. The minimum absolute atomic E-state index is 0.612. The van der Waals surface area contributed by atoms with Gasteiger partial charge in [-0.1, -0.05) is 26.0 Å². The zero-order valence-corrected chi connectivity index (χ0v) is 14.9. The molecular formula is C20H28N4. The summed E-state index contributed by atoms with van der Waals surface area (Å²) in [6, 6.07) is 8.76. The average Bonchev–Trinajstić information content (AvgIpc) is 3.42. The van der Waals surface area contributed by atoms with Crippen LogP contribution in [0.25, 0.3) is 11.0 Å². The first-order chi connectivity index (χ1) is 11.7. The van der Waals surface area contributed by atoms with Crippen molar-refractivity contribution >= 4 is 16.9 Å². The van der Waals surface area contributed by atoms with Crippen LogP contribution in [0.3, 0.4) is 0 Å². The summed E-state index contributed by atoms with van der Waals surface area (Å²) < 4.78 is 0. The van der Waals surface area contributed by atoms with Crippen LogP contribution in [-0.4, -0.2) is 47.1 Å². The molecule has 2 aliphatic rings. The number of anilines is 1. The molecule has 4 rings (SSSR count). The molecule has 0 unspecified atom stereocenters. The van der Waals surface area contributed by atoms with Crippen LogP contribution in [0.2, 0.25) is 0 Å². The van der Waals surface area contributed by atoms with Crippen molar-refractivity contribution in [3.63, 3.8) is 0 Å². The summed E-state index contributed by atoms with van der Waals surface area (Å²) in [4.78, 5) is 14.7. The molecule has 24 heavy (non-hydrogen) atoms. The molecular weight excluding hydrogens is 296 g/mol. The minimum atomic E-state index is 0.612. The van der Waals surface area contributed by atoms with Crippen LogP contribution in [0.15, 0.2) is 30.5 Å². The highest BCUT2D eigenvalue weighted by Crippen LogP contribution is 2.32. The van der Waals surface area contributed by atoms with E-state index in [9.17, 15) is 0 Å². The zero-order valence-electron chi connectivity index (χ0n) is 14.9. The van der Waals surface area contributed by atoms with Gasteiger partial charge in [-0.2, -0.15) is 0 Å². The van der Waals surface area contributed by atoms with Gasteiger partial charge in [-0.3, -0.25) is 9.88 Å². The summed E-state index contributed by atoms with van der Waals surface area (Å²) >= 11 is 0. The number of para-hydroxylation sites is 2. The van der Waals surface area contributed by atoms with Gasteiger partial charge in [0.2, 0.25) is 0 Å². The van der Waals surface area contributed by atoms with E-state index in [-0.39, 0.29) is 0 Å². The molecule has 1 aliphatic carbocycles. The quantitative estimate of drug-likeness (QED) is 0.860. The number of benzene rings is 1. The lowest BCUT2D eigenvalue weighted by molar-refractivity contribution is 0.162. The van der Waals surface area contributed by atoms with Gasteiger partial charge in [-0.25, -0.2) is 4.98 Å². The van der Waals surface area contributed by atoms with Crippen molar-refractivity contribution in [1.82, 2.24) is 14.9 Å². The Bertz CT molecular complexity index is 695. The highest BCUT2D eigenvalue weighted by atomic mass is 15.3. The summed E-state index contributed by atoms with van der Waals surface area (Å²) in [7, 11) is 0. The smallest absolute Gasteiger partial charge is 0.147 e. The Morgan fingerprint density at radius 2 is 1.92 bits per heavy atom. The van der Waals surface area contributed by atoms with Gasteiger partial charge in [0.05, 0.1) is 17.2 Å². The van der Waals surface area contributed by atoms with Gasteiger partial charge in [-0.15, -0.1) is 0 Å². The molecule has 1 aromatic heterocycles. The molecule has 0 bridgehead atoms. The third-order valence-corrected chi connectivity index (χ3v) is 5.47. The van der Waals surface area contributed by atoms with Gasteiger partial charge in [0.1, 0.15) is 5.82 Å². The third-order valence-electron chi connectivity index (χ3n) is 5.47. The van der Waals surface area contributed by atoms with E-state index in [4.69, 9.17) is 4.98 Å². The number of nitrogens with zero attached hydrogens (tertiary/aromatic N) is 4. The summed E-state index contributed by atoms with van der Waals surface area (Å²) in [5.74, 6) is 2.66. The summed E-state index contributed by atoms with van der Waals surface area (Å²) in [5, 5.41) is 0. The van der Waals surface area contributed by atoms with E-state index in [0.717, 1.165) is 35.9 Å². The summed E-state index contributed by atoms with van der Waals surface area (Å²) in [6.45, 7) is 9.38. The molecule has 4 heteroatoms. The molecule has 2 aromatic rings. The molecule has 128 valence electrons. The number of hydrogen-bond donors (Lipinski definition) is 0. The Morgan fingerprint density at radius 3 is 2.67 bits per heavy atom. The Kier molecular flexibility index (Phi) is 4.40. The highest BCUT2D eigenvalue weighted by molar-refractivity contribution is 5.75. The zero-order chi connectivity index (χ0) is 16.5. The first-order valence-corrected chi connectivity index (χ1v) is 9.41. The van der Waals surface area contributed by atoms with Crippen LogP contribution in [0.4, 0.5) is 5.82 Å².